The fourth-order valence-corrected chi connectivity index (χ4v) is 1.82. The van der Waals surface area contributed by atoms with Crippen LogP contribution in [0.15, 0.2) is 24.4 Å². The number of rotatable bonds is 3. The molecule has 2 rings (SSSR count). The molecule has 0 radical (unpaired) electrons. The monoisotopic (exact) mass is 225 g/mol. The van der Waals surface area contributed by atoms with Crippen molar-refractivity contribution in [1.82, 2.24) is 9.38 Å². The summed E-state index contributed by atoms with van der Waals surface area (Å²) in [7, 11) is 0. The Hall–Kier alpha value is -1.10. The number of hydrogen-bond acceptors (Lipinski definition) is 3. The Morgan fingerprint density at radius 3 is 3.00 bits per heavy atom. The SMILES string of the molecule is NC(CCO)c1nc2ccccn2c1Cl. The number of hydrogen-bond donors (Lipinski definition) is 2. The van der Waals surface area contributed by atoms with Crippen molar-refractivity contribution in [3.05, 3.63) is 35.2 Å². The van der Waals surface area contributed by atoms with Crippen LogP contribution in [0.5, 0.6) is 0 Å². The van der Waals surface area contributed by atoms with Gasteiger partial charge in [-0.05, 0) is 18.6 Å². The molecule has 0 saturated heterocycles. The van der Waals surface area contributed by atoms with Gasteiger partial charge < -0.3 is 10.8 Å². The molecule has 0 aliphatic heterocycles. The third-order valence-corrected chi connectivity index (χ3v) is 2.66. The summed E-state index contributed by atoms with van der Waals surface area (Å²) in [4.78, 5) is 4.33. The van der Waals surface area contributed by atoms with E-state index in [0.717, 1.165) is 5.65 Å². The lowest BCUT2D eigenvalue weighted by Gasteiger charge is -2.06. The van der Waals surface area contributed by atoms with Crippen molar-refractivity contribution in [3.63, 3.8) is 0 Å². The molecule has 2 heterocycles. The maximum atomic E-state index is 8.81. The number of nitrogens with two attached hydrogens (primary N) is 1. The van der Waals surface area contributed by atoms with Gasteiger partial charge in [-0.1, -0.05) is 17.7 Å². The number of halogens is 1. The lowest BCUT2D eigenvalue weighted by atomic mass is 10.2. The van der Waals surface area contributed by atoms with Crippen LogP contribution in [0.4, 0.5) is 0 Å². The van der Waals surface area contributed by atoms with Gasteiger partial charge in [0, 0.05) is 12.8 Å². The lowest BCUT2D eigenvalue weighted by Crippen LogP contribution is -2.12. The number of pyridine rings is 1. The zero-order valence-electron chi connectivity index (χ0n) is 8.10. The molecule has 0 bridgehead atoms. The smallest absolute Gasteiger partial charge is 0.138 e. The molecular formula is C10H12ClN3O. The van der Waals surface area contributed by atoms with Crippen LogP contribution in [0.1, 0.15) is 18.2 Å². The van der Waals surface area contributed by atoms with Gasteiger partial charge in [0.2, 0.25) is 0 Å². The molecule has 2 aromatic rings. The van der Waals surface area contributed by atoms with E-state index in [-0.39, 0.29) is 12.6 Å². The van der Waals surface area contributed by atoms with E-state index in [4.69, 9.17) is 22.4 Å². The van der Waals surface area contributed by atoms with E-state index in [1.807, 2.05) is 24.4 Å². The number of aliphatic hydroxyl groups excluding tert-OH is 1. The Balaban J connectivity index is 2.48. The van der Waals surface area contributed by atoms with Crippen molar-refractivity contribution in [2.24, 2.45) is 5.73 Å². The molecule has 0 aliphatic rings. The number of nitrogens with zero attached hydrogens (tertiary/aromatic N) is 2. The largest absolute Gasteiger partial charge is 0.396 e. The Morgan fingerprint density at radius 2 is 2.33 bits per heavy atom. The van der Waals surface area contributed by atoms with E-state index in [2.05, 4.69) is 4.98 Å². The highest BCUT2D eigenvalue weighted by Gasteiger charge is 2.15. The molecule has 4 nitrogen and oxygen atoms in total. The highest BCUT2D eigenvalue weighted by atomic mass is 35.5. The predicted molar refractivity (Wildman–Crippen MR) is 58.8 cm³/mol. The molecule has 5 heteroatoms. The van der Waals surface area contributed by atoms with Gasteiger partial charge in [0.25, 0.3) is 0 Å². The Labute approximate surface area is 92.3 Å². The van der Waals surface area contributed by atoms with Crippen molar-refractivity contribution in [2.45, 2.75) is 12.5 Å². The van der Waals surface area contributed by atoms with Gasteiger partial charge in [0.05, 0.1) is 11.7 Å². The summed E-state index contributed by atoms with van der Waals surface area (Å²) in [5, 5.41) is 9.33. The first-order valence-electron chi connectivity index (χ1n) is 4.73. The van der Waals surface area contributed by atoms with Gasteiger partial charge in [0.15, 0.2) is 0 Å². The van der Waals surface area contributed by atoms with Crippen LogP contribution >= 0.6 is 11.6 Å². The second kappa shape index (κ2) is 4.18. The molecule has 0 aromatic carbocycles. The molecule has 0 fully saturated rings. The highest BCUT2D eigenvalue weighted by Crippen LogP contribution is 2.24. The van der Waals surface area contributed by atoms with Gasteiger partial charge >= 0.3 is 0 Å². The van der Waals surface area contributed by atoms with Gasteiger partial charge in [-0.3, -0.25) is 4.40 Å². The Bertz CT molecular complexity index is 469. The molecule has 80 valence electrons. The van der Waals surface area contributed by atoms with Gasteiger partial charge in [-0.25, -0.2) is 4.98 Å². The van der Waals surface area contributed by atoms with Gasteiger partial charge in [-0.15, -0.1) is 0 Å². The summed E-state index contributed by atoms with van der Waals surface area (Å²) >= 11 is 6.13. The third-order valence-electron chi connectivity index (χ3n) is 2.29. The van der Waals surface area contributed by atoms with Crippen molar-refractivity contribution in [3.8, 4) is 0 Å². The normalized spacial score (nSPS) is 13.3. The first kappa shape index (κ1) is 10.4. The van der Waals surface area contributed by atoms with Crippen LogP contribution < -0.4 is 5.73 Å². The second-order valence-electron chi connectivity index (χ2n) is 3.34. The molecule has 2 aromatic heterocycles. The zero-order chi connectivity index (χ0) is 10.8. The number of aliphatic hydroxyl groups is 1. The summed E-state index contributed by atoms with van der Waals surface area (Å²) in [5.74, 6) is 0. The van der Waals surface area contributed by atoms with Crippen LogP contribution in [0.2, 0.25) is 5.15 Å². The van der Waals surface area contributed by atoms with E-state index in [9.17, 15) is 0 Å². The topological polar surface area (TPSA) is 63.5 Å². The minimum atomic E-state index is -0.317. The second-order valence-corrected chi connectivity index (χ2v) is 3.69. The van der Waals surface area contributed by atoms with Crippen LogP contribution in [-0.2, 0) is 0 Å². The van der Waals surface area contributed by atoms with Crippen molar-refractivity contribution in [2.75, 3.05) is 6.61 Å². The van der Waals surface area contributed by atoms with Crippen LogP contribution in [0, 0.1) is 0 Å². The first-order chi connectivity index (χ1) is 7.24. The van der Waals surface area contributed by atoms with E-state index in [0.29, 0.717) is 17.3 Å². The Morgan fingerprint density at radius 1 is 1.53 bits per heavy atom. The first-order valence-corrected chi connectivity index (χ1v) is 5.10. The summed E-state index contributed by atoms with van der Waals surface area (Å²) in [6.07, 6.45) is 2.30. The molecule has 15 heavy (non-hydrogen) atoms. The minimum absolute atomic E-state index is 0.0331. The summed E-state index contributed by atoms with van der Waals surface area (Å²) in [6, 6.07) is 5.31. The van der Waals surface area contributed by atoms with E-state index >= 15 is 0 Å². The fourth-order valence-electron chi connectivity index (χ4n) is 1.50. The number of fused-ring (bicyclic) bond motifs is 1. The molecule has 3 N–H and O–H groups in total. The number of imidazole rings is 1. The van der Waals surface area contributed by atoms with Crippen LogP contribution in [0.3, 0.4) is 0 Å². The molecule has 0 saturated carbocycles. The summed E-state index contributed by atoms with van der Waals surface area (Å²) < 4.78 is 1.77. The van der Waals surface area contributed by atoms with E-state index in [1.165, 1.54) is 0 Å². The average Bonchev–Trinajstić information content (AvgIpc) is 2.57. The molecular weight excluding hydrogens is 214 g/mol. The van der Waals surface area contributed by atoms with Crippen molar-refractivity contribution < 1.29 is 5.11 Å². The quantitative estimate of drug-likeness (QED) is 0.829. The van der Waals surface area contributed by atoms with E-state index < -0.39 is 0 Å². The highest BCUT2D eigenvalue weighted by molar-refractivity contribution is 6.30. The standard InChI is InChI=1S/C10H12ClN3O/c11-10-9(7(12)4-6-15)13-8-3-1-2-5-14(8)10/h1-3,5,7,15H,4,6,12H2. The molecule has 0 aliphatic carbocycles. The van der Waals surface area contributed by atoms with Gasteiger partial charge in [0.1, 0.15) is 10.8 Å². The molecule has 0 amide bonds. The molecule has 1 unspecified atom stereocenters. The van der Waals surface area contributed by atoms with Crippen molar-refractivity contribution >= 4 is 17.2 Å². The van der Waals surface area contributed by atoms with E-state index in [1.54, 1.807) is 4.40 Å². The Kier molecular flexibility index (Phi) is 2.90. The summed E-state index contributed by atoms with van der Waals surface area (Å²) in [5.41, 5.74) is 7.26. The minimum Gasteiger partial charge on any atom is -0.396 e. The maximum Gasteiger partial charge on any atom is 0.138 e. The maximum absolute atomic E-state index is 8.81. The third kappa shape index (κ3) is 1.84. The lowest BCUT2D eigenvalue weighted by molar-refractivity contribution is 0.276. The van der Waals surface area contributed by atoms with Gasteiger partial charge in [-0.2, -0.15) is 0 Å². The van der Waals surface area contributed by atoms with Crippen LogP contribution in [0.25, 0.3) is 5.65 Å². The number of aromatic nitrogens is 2. The zero-order valence-corrected chi connectivity index (χ0v) is 8.85. The molecule has 1 atom stereocenters. The van der Waals surface area contributed by atoms with Crippen LogP contribution in [-0.4, -0.2) is 21.1 Å². The van der Waals surface area contributed by atoms with Crippen molar-refractivity contribution in [1.29, 1.82) is 0 Å². The summed E-state index contributed by atoms with van der Waals surface area (Å²) in [6.45, 7) is 0.0331. The fraction of sp³-hybridized carbons (Fsp3) is 0.300. The predicted octanol–water partition coefficient (Wildman–Crippen LogP) is 1.37. The average molecular weight is 226 g/mol. The molecule has 0 spiro atoms.